The Bertz CT molecular complexity index is 982. The van der Waals surface area contributed by atoms with Gasteiger partial charge in [0.15, 0.2) is 6.61 Å². The van der Waals surface area contributed by atoms with Gasteiger partial charge >= 0.3 is 5.97 Å². The van der Waals surface area contributed by atoms with Crippen LogP contribution in [0.5, 0.6) is 0 Å². The summed E-state index contributed by atoms with van der Waals surface area (Å²) in [5, 5.41) is 6.00. The summed E-state index contributed by atoms with van der Waals surface area (Å²) in [4.78, 5) is 24.9. The number of ether oxygens (including phenoxy) is 1. The van der Waals surface area contributed by atoms with Crippen LogP contribution in [0.2, 0.25) is 0 Å². The number of esters is 1. The lowest BCUT2D eigenvalue weighted by atomic mass is 9.97. The maximum absolute atomic E-state index is 12.5. The van der Waals surface area contributed by atoms with Gasteiger partial charge in [0.25, 0.3) is 5.91 Å². The SMILES string of the molecule is CC[C@@H](C)c1ccccc1NC(=O)COC(=O)c1ccccc1NCc1ccco1. The molecule has 1 heterocycles. The number of hydrogen-bond acceptors (Lipinski definition) is 5. The topological polar surface area (TPSA) is 80.6 Å². The fourth-order valence-corrected chi connectivity index (χ4v) is 3.07. The molecule has 2 N–H and O–H groups in total. The molecule has 1 atom stereocenters. The maximum atomic E-state index is 12.5. The fourth-order valence-electron chi connectivity index (χ4n) is 3.07. The first-order valence-electron chi connectivity index (χ1n) is 9.99. The molecule has 0 aliphatic carbocycles. The third-order valence-electron chi connectivity index (χ3n) is 4.89. The Morgan fingerprint density at radius 1 is 1.00 bits per heavy atom. The fraction of sp³-hybridized carbons (Fsp3) is 0.250. The van der Waals surface area contributed by atoms with Crippen LogP contribution in [-0.4, -0.2) is 18.5 Å². The molecule has 0 aliphatic rings. The molecular formula is C24H26N2O4. The van der Waals surface area contributed by atoms with Gasteiger partial charge in [0.1, 0.15) is 5.76 Å². The van der Waals surface area contributed by atoms with Crippen LogP contribution in [0.4, 0.5) is 11.4 Å². The van der Waals surface area contributed by atoms with Crippen LogP contribution in [0.25, 0.3) is 0 Å². The minimum atomic E-state index is -0.567. The van der Waals surface area contributed by atoms with Crippen molar-refractivity contribution in [1.82, 2.24) is 0 Å². The van der Waals surface area contributed by atoms with Crippen LogP contribution in [0.1, 0.15) is 47.9 Å². The highest BCUT2D eigenvalue weighted by Crippen LogP contribution is 2.26. The van der Waals surface area contributed by atoms with Gasteiger partial charge in [-0.15, -0.1) is 0 Å². The molecule has 0 saturated heterocycles. The van der Waals surface area contributed by atoms with Gasteiger partial charge in [-0.1, -0.05) is 44.2 Å². The zero-order valence-electron chi connectivity index (χ0n) is 17.2. The Hall–Kier alpha value is -3.54. The number of carbonyl (C=O) groups is 2. The molecule has 2 aromatic carbocycles. The molecule has 0 spiro atoms. The molecule has 0 unspecified atom stereocenters. The lowest BCUT2D eigenvalue weighted by Crippen LogP contribution is -2.22. The van der Waals surface area contributed by atoms with Crippen molar-refractivity contribution in [3.8, 4) is 0 Å². The molecule has 0 fully saturated rings. The third kappa shape index (κ3) is 5.50. The third-order valence-corrected chi connectivity index (χ3v) is 4.89. The van der Waals surface area contributed by atoms with Crippen LogP contribution in [0, 0.1) is 0 Å². The minimum Gasteiger partial charge on any atom is -0.467 e. The lowest BCUT2D eigenvalue weighted by Gasteiger charge is -2.16. The van der Waals surface area contributed by atoms with Gasteiger partial charge in [-0.25, -0.2) is 4.79 Å². The summed E-state index contributed by atoms with van der Waals surface area (Å²) in [5.41, 5.74) is 2.78. The van der Waals surface area contributed by atoms with Crippen LogP contribution in [0.3, 0.4) is 0 Å². The number of carbonyl (C=O) groups excluding carboxylic acids is 2. The molecule has 30 heavy (non-hydrogen) atoms. The van der Waals surface area contributed by atoms with Crippen molar-refractivity contribution in [1.29, 1.82) is 0 Å². The number of furan rings is 1. The predicted octanol–water partition coefficient (Wildman–Crippen LogP) is 5.20. The Kier molecular flexibility index (Phi) is 7.27. The highest BCUT2D eigenvalue weighted by molar-refractivity contribution is 5.98. The van der Waals surface area contributed by atoms with E-state index in [0.717, 1.165) is 23.4 Å². The number of amides is 1. The summed E-state index contributed by atoms with van der Waals surface area (Å²) in [6.07, 6.45) is 2.55. The molecule has 1 aromatic heterocycles. The first kappa shape index (κ1) is 21.2. The Balaban J connectivity index is 1.59. The average Bonchev–Trinajstić information content (AvgIpc) is 3.30. The number of hydrogen-bond donors (Lipinski definition) is 2. The van der Waals surface area contributed by atoms with Gasteiger partial charge < -0.3 is 19.8 Å². The van der Waals surface area contributed by atoms with E-state index in [-0.39, 0.29) is 12.5 Å². The number of nitrogens with one attached hydrogen (secondary N) is 2. The van der Waals surface area contributed by atoms with Crippen LogP contribution in [0.15, 0.2) is 71.3 Å². The number of rotatable bonds is 9. The zero-order chi connectivity index (χ0) is 21.3. The maximum Gasteiger partial charge on any atom is 0.340 e. The number of para-hydroxylation sites is 2. The normalized spacial score (nSPS) is 11.5. The van der Waals surface area contributed by atoms with Crippen LogP contribution >= 0.6 is 0 Å². The largest absolute Gasteiger partial charge is 0.467 e. The van der Waals surface area contributed by atoms with Crippen molar-refractivity contribution in [3.63, 3.8) is 0 Å². The molecular weight excluding hydrogens is 380 g/mol. The first-order chi connectivity index (χ1) is 14.6. The average molecular weight is 406 g/mol. The molecule has 6 nitrogen and oxygen atoms in total. The molecule has 3 rings (SSSR count). The van der Waals surface area contributed by atoms with E-state index in [1.807, 2.05) is 36.4 Å². The van der Waals surface area contributed by atoms with E-state index in [9.17, 15) is 9.59 Å². The van der Waals surface area contributed by atoms with E-state index in [4.69, 9.17) is 9.15 Å². The highest BCUT2D eigenvalue weighted by atomic mass is 16.5. The van der Waals surface area contributed by atoms with Gasteiger partial charge in [-0.3, -0.25) is 4.79 Å². The quantitative estimate of drug-likeness (QED) is 0.477. The van der Waals surface area contributed by atoms with E-state index < -0.39 is 5.97 Å². The highest BCUT2D eigenvalue weighted by Gasteiger charge is 2.16. The van der Waals surface area contributed by atoms with E-state index in [2.05, 4.69) is 24.5 Å². The first-order valence-corrected chi connectivity index (χ1v) is 9.99. The van der Waals surface area contributed by atoms with E-state index >= 15 is 0 Å². The molecule has 156 valence electrons. The van der Waals surface area contributed by atoms with Gasteiger partial charge in [0, 0.05) is 11.4 Å². The van der Waals surface area contributed by atoms with Crippen molar-refractivity contribution in [2.24, 2.45) is 0 Å². The molecule has 6 heteroatoms. The molecule has 0 saturated carbocycles. The Labute approximate surface area is 176 Å². The minimum absolute atomic E-state index is 0.316. The van der Waals surface area contributed by atoms with E-state index in [1.54, 1.807) is 30.5 Å². The van der Waals surface area contributed by atoms with Crippen molar-refractivity contribution in [3.05, 3.63) is 83.8 Å². The molecule has 3 aromatic rings. The van der Waals surface area contributed by atoms with Gasteiger partial charge in [-0.05, 0) is 48.2 Å². The van der Waals surface area contributed by atoms with Gasteiger partial charge in [-0.2, -0.15) is 0 Å². The monoisotopic (exact) mass is 406 g/mol. The Morgan fingerprint density at radius 3 is 2.47 bits per heavy atom. The molecule has 0 bridgehead atoms. The van der Waals surface area contributed by atoms with E-state index in [1.165, 1.54) is 0 Å². The second-order valence-electron chi connectivity index (χ2n) is 7.00. The second-order valence-corrected chi connectivity index (χ2v) is 7.00. The van der Waals surface area contributed by atoms with E-state index in [0.29, 0.717) is 23.7 Å². The summed E-state index contributed by atoms with van der Waals surface area (Å²) in [5.74, 6) is 0.122. The molecule has 1 amide bonds. The number of anilines is 2. The smallest absolute Gasteiger partial charge is 0.340 e. The standard InChI is InChI=1S/C24H26N2O4/c1-3-17(2)19-10-4-7-13-22(19)26-23(27)16-30-24(28)20-11-5-6-12-21(20)25-15-18-9-8-14-29-18/h4-14,17,25H,3,15-16H2,1-2H3,(H,26,27)/t17-/m1/s1. The Morgan fingerprint density at radius 2 is 1.73 bits per heavy atom. The predicted molar refractivity (Wildman–Crippen MR) is 117 cm³/mol. The summed E-state index contributed by atoms with van der Waals surface area (Å²) in [7, 11) is 0. The zero-order valence-corrected chi connectivity index (χ0v) is 17.2. The second kappa shape index (κ2) is 10.3. The number of benzene rings is 2. The van der Waals surface area contributed by atoms with Crippen molar-refractivity contribution in [2.45, 2.75) is 32.7 Å². The lowest BCUT2D eigenvalue weighted by molar-refractivity contribution is -0.119. The summed E-state index contributed by atoms with van der Waals surface area (Å²) >= 11 is 0. The van der Waals surface area contributed by atoms with Gasteiger partial charge in [0.05, 0.1) is 18.4 Å². The van der Waals surface area contributed by atoms with Crippen LogP contribution < -0.4 is 10.6 Å². The van der Waals surface area contributed by atoms with Crippen molar-refractivity contribution >= 4 is 23.3 Å². The summed E-state index contributed by atoms with van der Waals surface area (Å²) in [6.45, 7) is 4.28. The molecule has 0 radical (unpaired) electrons. The van der Waals surface area contributed by atoms with Crippen molar-refractivity contribution < 1.29 is 18.7 Å². The van der Waals surface area contributed by atoms with Gasteiger partial charge in [0.2, 0.25) is 0 Å². The van der Waals surface area contributed by atoms with Crippen molar-refractivity contribution in [2.75, 3.05) is 17.2 Å². The summed E-state index contributed by atoms with van der Waals surface area (Å²) < 4.78 is 10.5. The molecule has 0 aliphatic heterocycles. The summed E-state index contributed by atoms with van der Waals surface area (Å²) in [6, 6.07) is 18.3. The van der Waals surface area contributed by atoms with Crippen LogP contribution in [-0.2, 0) is 16.1 Å².